The van der Waals surface area contributed by atoms with Gasteiger partial charge in [0.2, 0.25) is 0 Å². The van der Waals surface area contributed by atoms with Gasteiger partial charge in [0.25, 0.3) is 0 Å². The molecule has 6 rings (SSSR count). The molecule has 3 heterocycles. The van der Waals surface area contributed by atoms with Crippen LogP contribution >= 0.6 is 11.3 Å². The lowest BCUT2D eigenvalue weighted by Crippen LogP contribution is -2.33. The summed E-state index contributed by atoms with van der Waals surface area (Å²) >= 11 is 1.63. The molecule has 1 unspecified atom stereocenters. The standard InChI is InChI=1S/C29H24N4OS/c1-19-9-13-22(14-10-19)30-29-33(23-15-11-20(2)12-16-23)28-27(35-29)26(21-6-5-7-24(34)18-21)31-25-8-3-4-17-32(25)28/h3-18,26,34H,1-2H3. The largest absolute Gasteiger partial charge is 0.508 e. The molecular weight excluding hydrogens is 452 g/mol. The molecule has 3 aromatic carbocycles. The molecule has 1 N–H and O–H groups in total. The molecule has 4 aromatic rings. The van der Waals surface area contributed by atoms with Gasteiger partial charge in [-0.2, -0.15) is 0 Å². The van der Waals surface area contributed by atoms with Gasteiger partial charge in [0.15, 0.2) is 4.80 Å². The van der Waals surface area contributed by atoms with Crippen molar-refractivity contribution in [1.82, 2.24) is 4.57 Å². The highest BCUT2D eigenvalue weighted by Crippen LogP contribution is 2.42. The number of aromatic hydroxyl groups is 1. The number of phenolic OH excluding ortho intramolecular Hbond substituents is 1. The van der Waals surface area contributed by atoms with Crippen molar-refractivity contribution in [3.8, 4) is 11.4 Å². The smallest absolute Gasteiger partial charge is 0.196 e. The number of aromatic nitrogens is 1. The van der Waals surface area contributed by atoms with Gasteiger partial charge in [-0.15, -0.1) is 0 Å². The predicted octanol–water partition coefficient (Wildman–Crippen LogP) is 6.49. The number of thiazole rings is 1. The third-order valence-electron chi connectivity index (χ3n) is 6.14. The zero-order valence-corrected chi connectivity index (χ0v) is 20.3. The van der Waals surface area contributed by atoms with E-state index in [1.54, 1.807) is 23.5 Å². The fraction of sp³-hybridized carbons (Fsp3) is 0.103. The number of aryl methyl sites for hydroxylation is 2. The number of hydrogen-bond acceptors (Lipinski definition) is 5. The predicted molar refractivity (Wildman–Crippen MR) is 143 cm³/mol. The van der Waals surface area contributed by atoms with Gasteiger partial charge in [-0.3, -0.25) is 14.5 Å². The minimum Gasteiger partial charge on any atom is -0.508 e. The molecule has 0 saturated heterocycles. The number of rotatable bonds is 3. The Labute approximate surface area is 208 Å². The molecule has 0 bridgehead atoms. The quantitative estimate of drug-likeness (QED) is 0.368. The summed E-state index contributed by atoms with van der Waals surface area (Å²) in [5, 5.41) is 10.2. The van der Waals surface area contributed by atoms with Crippen molar-refractivity contribution < 1.29 is 5.11 Å². The second kappa shape index (κ2) is 8.56. The van der Waals surface area contributed by atoms with E-state index in [2.05, 4.69) is 59.7 Å². The van der Waals surface area contributed by atoms with Gasteiger partial charge in [-0.25, -0.2) is 4.99 Å². The van der Waals surface area contributed by atoms with Crippen LogP contribution in [0, 0.1) is 13.8 Å². The van der Waals surface area contributed by atoms with E-state index < -0.39 is 0 Å². The van der Waals surface area contributed by atoms with Gasteiger partial charge >= 0.3 is 0 Å². The van der Waals surface area contributed by atoms with Crippen molar-refractivity contribution in [2.75, 3.05) is 4.90 Å². The fourth-order valence-corrected chi connectivity index (χ4v) is 5.57. The van der Waals surface area contributed by atoms with Crippen LogP contribution in [-0.4, -0.2) is 15.5 Å². The van der Waals surface area contributed by atoms with E-state index in [9.17, 15) is 5.11 Å². The summed E-state index contributed by atoms with van der Waals surface area (Å²) in [7, 11) is 0. The van der Waals surface area contributed by atoms with Crippen LogP contribution in [0.5, 0.6) is 5.75 Å². The first kappa shape index (κ1) is 21.4. The molecule has 0 spiro atoms. The Hall–Kier alpha value is -4.16. The van der Waals surface area contributed by atoms with Crippen molar-refractivity contribution in [2.24, 2.45) is 9.98 Å². The van der Waals surface area contributed by atoms with E-state index in [-0.39, 0.29) is 11.8 Å². The lowest BCUT2D eigenvalue weighted by molar-refractivity contribution is 0.474. The van der Waals surface area contributed by atoms with Crippen LogP contribution in [0.15, 0.2) is 107 Å². The molecule has 0 radical (unpaired) electrons. The van der Waals surface area contributed by atoms with Gasteiger partial charge in [0, 0.05) is 11.9 Å². The topological polar surface area (TPSA) is 53.1 Å². The number of allylic oxidation sites excluding steroid dienone is 2. The number of hydrogen-bond donors (Lipinski definition) is 1. The van der Waals surface area contributed by atoms with E-state index in [1.165, 1.54) is 11.1 Å². The lowest BCUT2D eigenvalue weighted by atomic mass is 10.0. The summed E-state index contributed by atoms with van der Waals surface area (Å²) in [4.78, 5) is 14.2. The molecule has 5 nitrogen and oxygen atoms in total. The summed E-state index contributed by atoms with van der Waals surface area (Å²) in [5.74, 6) is 2.11. The Bertz CT molecular complexity index is 1570. The summed E-state index contributed by atoms with van der Waals surface area (Å²) in [6.45, 7) is 4.17. The monoisotopic (exact) mass is 476 g/mol. The number of phenols is 1. The van der Waals surface area contributed by atoms with Crippen LogP contribution in [0.4, 0.5) is 11.5 Å². The minimum absolute atomic E-state index is 0.235. The van der Waals surface area contributed by atoms with Crippen LogP contribution in [0.1, 0.15) is 27.6 Å². The SMILES string of the molecule is Cc1ccc(N=c2sc3c(n2-c2ccc(C)cc2)N2C=CC=CC2=NC3c2cccc(O)c2)cc1. The molecule has 2 aliphatic rings. The number of anilines is 1. The summed E-state index contributed by atoms with van der Waals surface area (Å²) in [6, 6.07) is 23.9. The second-order valence-electron chi connectivity index (χ2n) is 8.75. The molecular formula is C29H24N4OS. The van der Waals surface area contributed by atoms with E-state index in [1.807, 2.05) is 48.7 Å². The van der Waals surface area contributed by atoms with Crippen LogP contribution in [-0.2, 0) is 0 Å². The number of fused-ring (bicyclic) bond motifs is 3. The fourth-order valence-electron chi connectivity index (χ4n) is 4.35. The van der Waals surface area contributed by atoms with E-state index >= 15 is 0 Å². The van der Waals surface area contributed by atoms with E-state index in [0.29, 0.717) is 0 Å². The maximum atomic E-state index is 10.2. The average Bonchev–Trinajstić information content (AvgIpc) is 3.24. The molecule has 0 saturated carbocycles. The Kier molecular flexibility index (Phi) is 5.23. The van der Waals surface area contributed by atoms with Gasteiger partial charge in [-0.05, 0) is 68.0 Å². The summed E-state index contributed by atoms with van der Waals surface area (Å²) in [6.07, 6.45) is 8.08. The van der Waals surface area contributed by atoms with Crippen molar-refractivity contribution >= 4 is 28.7 Å². The molecule has 1 aromatic heterocycles. The Morgan fingerprint density at radius 3 is 2.40 bits per heavy atom. The van der Waals surface area contributed by atoms with Gasteiger partial charge in [0.05, 0.1) is 10.6 Å². The van der Waals surface area contributed by atoms with Gasteiger partial charge in [0.1, 0.15) is 23.4 Å². The lowest BCUT2D eigenvalue weighted by Gasteiger charge is -2.31. The van der Waals surface area contributed by atoms with Gasteiger partial charge < -0.3 is 5.11 Å². The van der Waals surface area contributed by atoms with Crippen LogP contribution in [0.25, 0.3) is 5.69 Å². The zero-order valence-electron chi connectivity index (χ0n) is 19.5. The maximum Gasteiger partial charge on any atom is 0.196 e. The van der Waals surface area contributed by atoms with Crippen molar-refractivity contribution in [1.29, 1.82) is 0 Å². The summed E-state index contributed by atoms with van der Waals surface area (Å²) in [5.41, 5.74) is 5.29. The first-order valence-corrected chi connectivity index (χ1v) is 12.3. The first-order valence-electron chi connectivity index (χ1n) is 11.5. The van der Waals surface area contributed by atoms with Crippen LogP contribution in [0.3, 0.4) is 0 Å². The highest BCUT2D eigenvalue weighted by atomic mass is 32.1. The third-order valence-corrected chi connectivity index (χ3v) is 7.22. The molecule has 2 aliphatic heterocycles. The number of aliphatic imine (C=N–C) groups is 1. The molecule has 0 aliphatic carbocycles. The Balaban J connectivity index is 1.65. The number of nitrogens with zero attached hydrogens (tertiary/aromatic N) is 4. The summed E-state index contributed by atoms with van der Waals surface area (Å²) < 4.78 is 2.22. The highest BCUT2D eigenvalue weighted by Gasteiger charge is 2.33. The number of amidine groups is 1. The molecule has 1 atom stereocenters. The normalized spacial score (nSPS) is 16.7. The molecule has 0 amide bonds. The Morgan fingerprint density at radius 1 is 0.914 bits per heavy atom. The van der Waals surface area contributed by atoms with Crippen molar-refractivity contribution in [3.05, 3.63) is 124 Å². The van der Waals surface area contributed by atoms with Crippen LogP contribution in [0.2, 0.25) is 0 Å². The van der Waals surface area contributed by atoms with Crippen molar-refractivity contribution in [2.45, 2.75) is 19.9 Å². The molecule has 0 fully saturated rings. The molecule has 6 heteroatoms. The third kappa shape index (κ3) is 3.92. The van der Waals surface area contributed by atoms with Gasteiger partial charge in [-0.1, -0.05) is 64.9 Å². The maximum absolute atomic E-state index is 10.2. The number of benzene rings is 3. The first-order chi connectivity index (χ1) is 17.1. The minimum atomic E-state index is -0.247. The Morgan fingerprint density at radius 2 is 1.66 bits per heavy atom. The zero-order chi connectivity index (χ0) is 23.9. The van der Waals surface area contributed by atoms with E-state index in [4.69, 9.17) is 9.98 Å². The van der Waals surface area contributed by atoms with Crippen molar-refractivity contribution in [3.63, 3.8) is 0 Å². The molecule has 35 heavy (non-hydrogen) atoms. The highest BCUT2D eigenvalue weighted by molar-refractivity contribution is 7.10. The second-order valence-corrected chi connectivity index (χ2v) is 9.76. The molecule has 172 valence electrons. The van der Waals surface area contributed by atoms with E-state index in [0.717, 1.165) is 38.3 Å². The average molecular weight is 477 g/mol. The van der Waals surface area contributed by atoms with Crippen LogP contribution < -0.4 is 9.70 Å².